The van der Waals surface area contributed by atoms with Crippen LogP contribution in [0, 0.1) is 16.0 Å². The summed E-state index contributed by atoms with van der Waals surface area (Å²) in [4.78, 5) is 21.4. The zero-order valence-electron chi connectivity index (χ0n) is 11.1. The van der Waals surface area contributed by atoms with Crippen molar-refractivity contribution in [1.82, 2.24) is 5.32 Å². The molecule has 1 amide bonds. The fourth-order valence-corrected chi connectivity index (χ4v) is 1.24. The zero-order valence-corrected chi connectivity index (χ0v) is 11.9. The standard InChI is InChI=1S/C12H17N3O4.ClH/c1-9(6-13)7-14-12(16)8-19-11-4-2-10(3-5-11)15(17)18;/h2-5,9H,6-8,13H2,1H3,(H,14,16);1H. The molecule has 1 rings (SSSR count). The van der Waals surface area contributed by atoms with Crippen molar-refractivity contribution < 1.29 is 14.5 Å². The van der Waals surface area contributed by atoms with Gasteiger partial charge in [0.15, 0.2) is 6.61 Å². The molecule has 0 fully saturated rings. The Morgan fingerprint density at radius 2 is 2.05 bits per heavy atom. The predicted molar refractivity (Wildman–Crippen MR) is 77.1 cm³/mol. The van der Waals surface area contributed by atoms with E-state index in [1.54, 1.807) is 0 Å². The van der Waals surface area contributed by atoms with Gasteiger partial charge in [0.2, 0.25) is 0 Å². The number of nitrogens with one attached hydrogen (secondary N) is 1. The van der Waals surface area contributed by atoms with Crippen molar-refractivity contribution in [3.8, 4) is 5.75 Å². The fraction of sp³-hybridized carbons (Fsp3) is 0.417. The molecule has 0 bridgehead atoms. The molecule has 1 aromatic rings. The minimum absolute atomic E-state index is 0. The van der Waals surface area contributed by atoms with Crippen LogP contribution in [0.2, 0.25) is 0 Å². The second kappa shape index (κ2) is 9.11. The highest BCUT2D eigenvalue weighted by molar-refractivity contribution is 5.85. The molecule has 0 saturated carbocycles. The topological polar surface area (TPSA) is 107 Å². The Bertz CT molecular complexity index is 439. The number of nitrogens with zero attached hydrogens (tertiary/aromatic N) is 1. The first kappa shape index (κ1) is 18.1. The number of hydrogen-bond acceptors (Lipinski definition) is 5. The zero-order chi connectivity index (χ0) is 14.3. The van der Waals surface area contributed by atoms with Crippen molar-refractivity contribution in [2.24, 2.45) is 11.7 Å². The SMILES string of the molecule is CC(CN)CNC(=O)COc1ccc([N+](=O)[O-])cc1.Cl. The summed E-state index contributed by atoms with van der Waals surface area (Å²) in [5, 5.41) is 13.1. The summed E-state index contributed by atoms with van der Waals surface area (Å²) in [6, 6.07) is 5.55. The van der Waals surface area contributed by atoms with E-state index in [1.165, 1.54) is 24.3 Å². The molecule has 112 valence electrons. The van der Waals surface area contributed by atoms with Crippen molar-refractivity contribution >= 4 is 24.0 Å². The van der Waals surface area contributed by atoms with Gasteiger partial charge < -0.3 is 15.8 Å². The minimum atomic E-state index is -0.495. The molecule has 1 atom stereocenters. The van der Waals surface area contributed by atoms with Gasteiger partial charge in [-0.15, -0.1) is 12.4 Å². The van der Waals surface area contributed by atoms with E-state index in [-0.39, 0.29) is 36.5 Å². The number of hydrogen-bond donors (Lipinski definition) is 2. The molecule has 0 heterocycles. The van der Waals surface area contributed by atoms with Crippen LogP contribution in [0.1, 0.15) is 6.92 Å². The van der Waals surface area contributed by atoms with E-state index in [0.717, 1.165) is 0 Å². The van der Waals surface area contributed by atoms with Gasteiger partial charge in [0.05, 0.1) is 4.92 Å². The van der Waals surface area contributed by atoms with Crippen LogP contribution < -0.4 is 15.8 Å². The molecule has 1 unspecified atom stereocenters. The van der Waals surface area contributed by atoms with Gasteiger partial charge in [-0.2, -0.15) is 0 Å². The number of benzene rings is 1. The molecule has 0 aliphatic rings. The van der Waals surface area contributed by atoms with Crippen LogP contribution in [0.4, 0.5) is 5.69 Å². The highest BCUT2D eigenvalue weighted by Crippen LogP contribution is 2.16. The molecule has 0 aliphatic heterocycles. The molecule has 0 aromatic heterocycles. The average molecular weight is 304 g/mol. The highest BCUT2D eigenvalue weighted by Gasteiger charge is 2.07. The Morgan fingerprint density at radius 3 is 2.55 bits per heavy atom. The summed E-state index contributed by atoms with van der Waals surface area (Å²) in [6.45, 7) is 2.80. The molecule has 8 heteroatoms. The molecule has 1 aromatic carbocycles. The van der Waals surface area contributed by atoms with Gasteiger partial charge in [-0.25, -0.2) is 0 Å². The lowest BCUT2D eigenvalue weighted by molar-refractivity contribution is -0.384. The Balaban J connectivity index is 0.00000361. The lowest BCUT2D eigenvalue weighted by Gasteiger charge is -2.10. The van der Waals surface area contributed by atoms with Gasteiger partial charge in [0.25, 0.3) is 11.6 Å². The van der Waals surface area contributed by atoms with E-state index in [9.17, 15) is 14.9 Å². The van der Waals surface area contributed by atoms with Gasteiger partial charge in [-0.05, 0) is 24.6 Å². The number of carbonyl (C=O) groups is 1. The summed E-state index contributed by atoms with van der Waals surface area (Å²) < 4.78 is 5.20. The van der Waals surface area contributed by atoms with Crippen LogP contribution in [-0.2, 0) is 4.79 Å². The first-order valence-corrected chi connectivity index (χ1v) is 5.87. The number of carbonyl (C=O) groups excluding carboxylic acids is 1. The third kappa shape index (κ3) is 6.35. The van der Waals surface area contributed by atoms with Gasteiger partial charge in [-0.1, -0.05) is 6.92 Å². The maximum absolute atomic E-state index is 11.4. The van der Waals surface area contributed by atoms with Crippen LogP contribution in [-0.4, -0.2) is 30.5 Å². The number of ether oxygens (including phenoxy) is 1. The lowest BCUT2D eigenvalue weighted by Crippen LogP contribution is -2.34. The Morgan fingerprint density at radius 1 is 1.45 bits per heavy atom. The van der Waals surface area contributed by atoms with Gasteiger partial charge in [0, 0.05) is 18.7 Å². The maximum atomic E-state index is 11.4. The van der Waals surface area contributed by atoms with Crippen LogP contribution in [0.5, 0.6) is 5.75 Å². The number of amides is 1. The Hall–Kier alpha value is -1.86. The second-order valence-electron chi connectivity index (χ2n) is 4.18. The monoisotopic (exact) mass is 303 g/mol. The summed E-state index contributed by atoms with van der Waals surface area (Å²) in [5.74, 6) is 0.370. The van der Waals surface area contributed by atoms with Gasteiger partial charge in [0.1, 0.15) is 5.75 Å². The molecule has 0 spiro atoms. The van der Waals surface area contributed by atoms with E-state index >= 15 is 0 Å². The number of halogens is 1. The number of non-ortho nitro benzene ring substituents is 1. The normalized spacial score (nSPS) is 11.1. The first-order chi connectivity index (χ1) is 9.02. The molecule has 20 heavy (non-hydrogen) atoms. The van der Waals surface area contributed by atoms with Crippen LogP contribution in [0.3, 0.4) is 0 Å². The Kier molecular flexibility index (Phi) is 8.26. The van der Waals surface area contributed by atoms with Gasteiger partial charge >= 0.3 is 0 Å². The number of rotatable bonds is 7. The molecule has 7 nitrogen and oxygen atoms in total. The summed E-state index contributed by atoms with van der Waals surface area (Å²) >= 11 is 0. The van der Waals surface area contributed by atoms with Crippen molar-refractivity contribution in [2.75, 3.05) is 19.7 Å². The summed E-state index contributed by atoms with van der Waals surface area (Å²) in [7, 11) is 0. The lowest BCUT2D eigenvalue weighted by atomic mass is 10.2. The molecular weight excluding hydrogens is 286 g/mol. The van der Waals surface area contributed by atoms with Crippen molar-refractivity contribution in [1.29, 1.82) is 0 Å². The molecular formula is C12H18ClN3O4. The summed E-state index contributed by atoms with van der Waals surface area (Å²) in [6.07, 6.45) is 0. The largest absolute Gasteiger partial charge is 0.484 e. The van der Waals surface area contributed by atoms with Crippen LogP contribution in [0.25, 0.3) is 0 Å². The fourth-order valence-electron chi connectivity index (χ4n) is 1.24. The average Bonchev–Trinajstić information content (AvgIpc) is 2.42. The number of nitrogens with two attached hydrogens (primary N) is 1. The van der Waals surface area contributed by atoms with E-state index in [0.29, 0.717) is 18.8 Å². The van der Waals surface area contributed by atoms with Crippen molar-refractivity contribution in [3.05, 3.63) is 34.4 Å². The predicted octanol–water partition coefficient (Wildman–Crippen LogP) is 1.11. The first-order valence-electron chi connectivity index (χ1n) is 5.87. The molecule has 3 N–H and O–H groups in total. The number of nitro groups is 1. The maximum Gasteiger partial charge on any atom is 0.269 e. The van der Waals surface area contributed by atoms with E-state index < -0.39 is 4.92 Å². The minimum Gasteiger partial charge on any atom is -0.484 e. The summed E-state index contributed by atoms with van der Waals surface area (Å²) in [5.41, 5.74) is 5.40. The quantitative estimate of drug-likeness (QED) is 0.579. The van der Waals surface area contributed by atoms with Crippen molar-refractivity contribution in [3.63, 3.8) is 0 Å². The molecule has 0 aliphatic carbocycles. The number of nitro benzene ring substituents is 1. The van der Waals surface area contributed by atoms with E-state index in [4.69, 9.17) is 10.5 Å². The second-order valence-corrected chi connectivity index (χ2v) is 4.18. The van der Waals surface area contributed by atoms with E-state index in [1.807, 2.05) is 6.92 Å². The molecule has 0 radical (unpaired) electrons. The van der Waals surface area contributed by atoms with Crippen LogP contribution >= 0.6 is 12.4 Å². The smallest absolute Gasteiger partial charge is 0.269 e. The molecule has 0 saturated heterocycles. The van der Waals surface area contributed by atoms with Gasteiger partial charge in [-0.3, -0.25) is 14.9 Å². The highest BCUT2D eigenvalue weighted by atomic mass is 35.5. The van der Waals surface area contributed by atoms with Crippen molar-refractivity contribution in [2.45, 2.75) is 6.92 Å². The van der Waals surface area contributed by atoms with Crippen LogP contribution in [0.15, 0.2) is 24.3 Å². The third-order valence-electron chi connectivity index (χ3n) is 2.47. The Labute approximate surface area is 123 Å². The third-order valence-corrected chi connectivity index (χ3v) is 2.47. The van der Waals surface area contributed by atoms with E-state index in [2.05, 4.69) is 5.32 Å².